The van der Waals surface area contributed by atoms with Crippen molar-refractivity contribution in [3.05, 3.63) is 28.0 Å². The summed E-state index contributed by atoms with van der Waals surface area (Å²) in [4.78, 5) is 26.0. The average Bonchev–Trinajstić information content (AvgIpc) is 2.62. The van der Waals surface area contributed by atoms with Gasteiger partial charge in [0, 0.05) is 24.0 Å². The summed E-state index contributed by atoms with van der Waals surface area (Å²) in [7, 11) is 0. The summed E-state index contributed by atoms with van der Waals surface area (Å²) in [5, 5.41) is 4.75. The number of aryl methyl sites for hydroxylation is 1. The minimum absolute atomic E-state index is 0.0819. The Balaban J connectivity index is 2.00. The molecule has 1 N–H and O–H groups in total. The molecule has 1 aromatic rings. The second-order valence-electron chi connectivity index (χ2n) is 4.26. The van der Waals surface area contributed by atoms with Gasteiger partial charge in [-0.05, 0) is 36.4 Å². The van der Waals surface area contributed by atoms with Gasteiger partial charge in [-0.2, -0.15) is 0 Å². The first-order valence-corrected chi connectivity index (χ1v) is 6.82. The van der Waals surface area contributed by atoms with E-state index in [1.807, 2.05) is 24.4 Å². The molecule has 0 aliphatic carbocycles. The van der Waals surface area contributed by atoms with Crippen LogP contribution in [-0.2, 0) is 9.59 Å². The number of rotatable bonds is 2. The molecule has 1 aliphatic rings. The normalized spacial score (nSPS) is 16.7. The molecule has 0 radical (unpaired) electrons. The molecule has 0 saturated carbocycles. The minimum Gasteiger partial charge on any atom is -0.354 e. The van der Waals surface area contributed by atoms with Crippen LogP contribution in [-0.4, -0.2) is 36.3 Å². The van der Waals surface area contributed by atoms with E-state index < -0.39 is 0 Å². The van der Waals surface area contributed by atoms with Crippen molar-refractivity contribution < 1.29 is 9.59 Å². The summed E-state index contributed by atoms with van der Waals surface area (Å²) in [6.45, 7) is 3.45. The van der Waals surface area contributed by atoms with Gasteiger partial charge in [0.2, 0.25) is 11.8 Å². The fourth-order valence-electron chi connectivity index (χ4n) is 1.80. The molecule has 5 heteroatoms. The van der Waals surface area contributed by atoms with Gasteiger partial charge in [0.15, 0.2) is 0 Å². The summed E-state index contributed by atoms with van der Waals surface area (Å²) in [5.41, 5.74) is 1.16. The van der Waals surface area contributed by atoms with Crippen LogP contribution >= 0.6 is 11.3 Å². The molecule has 4 nitrogen and oxygen atoms in total. The smallest absolute Gasteiger partial charge is 0.247 e. The molecule has 1 saturated heterocycles. The zero-order chi connectivity index (χ0) is 13.0. The first kappa shape index (κ1) is 12.8. The Hall–Kier alpha value is -1.62. The summed E-state index contributed by atoms with van der Waals surface area (Å²) < 4.78 is 0. The molecule has 2 amide bonds. The molecule has 1 fully saturated rings. The van der Waals surface area contributed by atoms with Crippen LogP contribution in [0.15, 0.2) is 17.5 Å². The van der Waals surface area contributed by atoms with Crippen LogP contribution in [0, 0.1) is 6.92 Å². The van der Waals surface area contributed by atoms with Crippen molar-refractivity contribution in [2.45, 2.75) is 13.3 Å². The van der Waals surface area contributed by atoms with Gasteiger partial charge in [0.25, 0.3) is 0 Å². The molecule has 2 heterocycles. The molecule has 1 aliphatic heterocycles. The van der Waals surface area contributed by atoms with Gasteiger partial charge in [0.1, 0.15) is 0 Å². The Bertz CT molecular complexity index is 479. The molecule has 1 aromatic heterocycles. The molecule has 0 aromatic carbocycles. The van der Waals surface area contributed by atoms with Crippen molar-refractivity contribution in [2.24, 2.45) is 0 Å². The van der Waals surface area contributed by atoms with Crippen LogP contribution in [0.25, 0.3) is 6.08 Å². The van der Waals surface area contributed by atoms with Gasteiger partial charge in [0.05, 0.1) is 6.54 Å². The predicted octanol–water partition coefficient (Wildman–Crippen LogP) is 1.42. The number of nitrogens with one attached hydrogen (secondary N) is 1. The van der Waals surface area contributed by atoms with Crippen molar-refractivity contribution in [3.8, 4) is 0 Å². The maximum Gasteiger partial charge on any atom is 0.247 e. The van der Waals surface area contributed by atoms with Crippen molar-refractivity contribution >= 4 is 29.2 Å². The van der Waals surface area contributed by atoms with E-state index in [1.54, 1.807) is 22.3 Å². The van der Waals surface area contributed by atoms with Crippen molar-refractivity contribution in [1.29, 1.82) is 0 Å². The van der Waals surface area contributed by atoms with Crippen LogP contribution < -0.4 is 5.32 Å². The summed E-state index contributed by atoms with van der Waals surface area (Å²) in [6.07, 6.45) is 4.19. The summed E-state index contributed by atoms with van der Waals surface area (Å²) >= 11 is 1.61. The largest absolute Gasteiger partial charge is 0.354 e. The molecule has 2 rings (SSSR count). The fraction of sp³-hybridized carbons (Fsp3) is 0.385. The number of nitrogens with zero attached hydrogens (tertiary/aromatic N) is 1. The predicted molar refractivity (Wildman–Crippen MR) is 72.3 cm³/mol. The lowest BCUT2D eigenvalue weighted by Gasteiger charge is -2.16. The highest BCUT2D eigenvalue weighted by atomic mass is 32.1. The zero-order valence-electron chi connectivity index (χ0n) is 10.3. The Morgan fingerprint density at radius 2 is 2.39 bits per heavy atom. The zero-order valence-corrected chi connectivity index (χ0v) is 11.1. The van der Waals surface area contributed by atoms with Crippen molar-refractivity contribution in [1.82, 2.24) is 10.2 Å². The molecule has 0 bridgehead atoms. The molecule has 18 heavy (non-hydrogen) atoms. The van der Waals surface area contributed by atoms with E-state index in [-0.39, 0.29) is 18.4 Å². The van der Waals surface area contributed by atoms with Crippen LogP contribution in [0.4, 0.5) is 0 Å². The Kier molecular flexibility index (Phi) is 4.15. The molecule has 0 atom stereocenters. The lowest BCUT2D eigenvalue weighted by Crippen LogP contribution is -2.36. The first-order valence-electron chi connectivity index (χ1n) is 5.94. The highest BCUT2D eigenvalue weighted by Gasteiger charge is 2.17. The Morgan fingerprint density at radius 3 is 3.11 bits per heavy atom. The number of amides is 2. The second-order valence-corrected chi connectivity index (χ2v) is 5.21. The van der Waals surface area contributed by atoms with E-state index in [0.717, 1.165) is 16.9 Å². The average molecular weight is 264 g/mol. The van der Waals surface area contributed by atoms with Gasteiger partial charge in [-0.3, -0.25) is 9.59 Å². The van der Waals surface area contributed by atoms with Gasteiger partial charge in [-0.15, -0.1) is 11.3 Å². The maximum atomic E-state index is 12.0. The maximum absolute atomic E-state index is 12.0. The van der Waals surface area contributed by atoms with Gasteiger partial charge < -0.3 is 10.2 Å². The fourth-order valence-corrected chi connectivity index (χ4v) is 2.62. The van der Waals surface area contributed by atoms with Crippen LogP contribution in [0.2, 0.25) is 0 Å². The van der Waals surface area contributed by atoms with E-state index in [0.29, 0.717) is 13.1 Å². The number of thiophene rings is 1. The SMILES string of the molecule is Cc1ccsc1C=CC(=O)N1CCCNC(=O)C1. The third kappa shape index (κ3) is 3.20. The van der Waals surface area contributed by atoms with Crippen LogP contribution in [0.5, 0.6) is 0 Å². The van der Waals surface area contributed by atoms with Gasteiger partial charge in [-0.25, -0.2) is 0 Å². The first-order chi connectivity index (χ1) is 8.66. The van der Waals surface area contributed by atoms with E-state index in [1.165, 1.54) is 0 Å². The monoisotopic (exact) mass is 264 g/mol. The van der Waals surface area contributed by atoms with E-state index in [4.69, 9.17) is 0 Å². The van der Waals surface area contributed by atoms with E-state index >= 15 is 0 Å². The highest BCUT2D eigenvalue weighted by Crippen LogP contribution is 2.17. The van der Waals surface area contributed by atoms with Gasteiger partial charge in [-0.1, -0.05) is 0 Å². The quantitative estimate of drug-likeness (QED) is 0.821. The van der Waals surface area contributed by atoms with E-state index in [9.17, 15) is 9.59 Å². The second kappa shape index (κ2) is 5.82. The molecular weight excluding hydrogens is 248 g/mol. The number of hydrogen-bond donors (Lipinski definition) is 1. The Morgan fingerprint density at radius 1 is 1.56 bits per heavy atom. The summed E-state index contributed by atoms with van der Waals surface area (Å²) in [5.74, 6) is -0.179. The van der Waals surface area contributed by atoms with Crippen LogP contribution in [0.3, 0.4) is 0 Å². The molecular formula is C13H16N2O2S. The van der Waals surface area contributed by atoms with Gasteiger partial charge >= 0.3 is 0 Å². The third-order valence-corrected chi connectivity index (χ3v) is 3.84. The molecule has 0 spiro atoms. The number of hydrogen-bond acceptors (Lipinski definition) is 3. The topological polar surface area (TPSA) is 49.4 Å². The number of carbonyl (C=O) groups is 2. The minimum atomic E-state index is -0.0974. The lowest BCUT2D eigenvalue weighted by molar-refractivity contribution is -0.131. The highest BCUT2D eigenvalue weighted by molar-refractivity contribution is 7.11. The van der Waals surface area contributed by atoms with Crippen LogP contribution in [0.1, 0.15) is 16.9 Å². The van der Waals surface area contributed by atoms with Crippen molar-refractivity contribution in [2.75, 3.05) is 19.6 Å². The number of carbonyl (C=O) groups excluding carboxylic acids is 2. The molecule has 96 valence electrons. The molecule has 0 unspecified atom stereocenters. The van der Waals surface area contributed by atoms with E-state index in [2.05, 4.69) is 5.32 Å². The Labute approximate surface area is 110 Å². The third-order valence-electron chi connectivity index (χ3n) is 2.85. The standard InChI is InChI=1S/C13H16N2O2S/c1-10-5-8-18-11(10)3-4-13(17)15-7-2-6-14-12(16)9-15/h3-5,8H,2,6-7,9H2,1H3,(H,14,16). The van der Waals surface area contributed by atoms with Crippen molar-refractivity contribution in [3.63, 3.8) is 0 Å². The summed E-state index contributed by atoms with van der Waals surface area (Å²) in [6, 6.07) is 2.02. The lowest BCUT2D eigenvalue weighted by atomic mass is 10.2.